The van der Waals surface area contributed by atoms with E-state index in [9.17, 15) is 0 Å². The van der Waals surface area contributed by atoms with Crippen LogP contribution >= 0.6 is 0 Å². The Morgan fingerprint density at radius 3 is 1.25 bits per heavy atom. The normalized spacial score (nSPS) is 0. The van der Waals surface area contributed by atoms with Crippen LogP contribution in [0.15, 0.2) is 0 Å². The molecule has 0 saturated heterocycles. The fourth-order valence-electron chi connectivity index (χ4n) is 0. The second kappa shape index (κ2) is 22.8. The Labute approximate surface area is 64.0 Å². The van der Waals surface area contributed by atoms with Crippen molar-refractivity contribution >= 4 is 8.41 Å². The molecule has 0 aliphatic rings. The zero-order valence-corrected chi connectivity index (χ0v) is 7.75. The van der Waals surface area contributed by atoms with Gasteiger partial charge in [-0.1, -0.05) is 0 Å². The third-order valence-electron chi connectivity index (χ3n) is 0. The zero-order valence-electron chi connectivity index (χ0n) is 3.78. The first-order chi connectivity index (χ1) is 0. The topological polar surface area (TPSA) is 31.5 Å². The van der Waals surface area contributed by atoms with Crippen molar-refractivity contribution in [2.75, 3.05) is 0 Å². The summed E-state index contributed by atoms with van der Waals surface area (Å²) >= 11 is 0. The molecule has 3 radical (unpaired) electrons. The molecule has 0 amide bonds. The minimum atomic E-state index is 0. The first kappa shape index (κ1) is 44.9. The molecule has 0 aromatic rings. The van der Waals surface area contributed by atoms with E-state index in [-0.39, 0.29) is 64.4 Å². The second-order valence-corrected chi connectivity index (χ2v) is 0. The Balaban J connectivity index is 0. The van der Waals surface area contributed by atoms with Crippen LogP contribution in [-0.2, 0) is 19.5 Å². The average molecular weight is 118 g/mol. The maximum Gasteiger partial charge on any atom is 1.00 e. The first-order valence-electron chi connectivity index (χ1n) is 0. The van der Waals surface area contributed by atoms with Crippen molar-refractivity contribution in [1.29, 1.82) is 0 Å². The van der Waals surface area contributed by atoms with Gasteiger partial charge in [-0.15, -0.1) is 0 Å². The number of rotatable bonds is 0. The monoisotopic (exact) mass is 117 g/mol. The van der Waals surface area contributed by atoms with E-state index in [1.165, 1.54) is 0 Å². The maximum absolute atomic E-state index is 0. The van der Waals surface area contributed by atoms with Crippen LogP contribution in [0.5, 0.6) is 0 Å². The minimum Gasteiger partial charge on any atom is -1.00 e. The summed E-state index contributed by atoms with van der Waals surface area (Å²) < 4.78 is 0. The summed E-state index contributed by atoms with van der Waals surface area (Å²) in [4.78, 5) is 0. The van der Waals surface area contributed by atoms with Crippen molar-refractivity contribution < 1.29 is 55.9 Å². The molecule has 0 saturated carbocycles. The van der Waals surface area contributed by atoms with Gasteiger partial charge in [0.15, 0.2) is 0 Å². The van der Waals surface area contributed by atoms with E-state index in [0.29, 0.717) is 0 Å². The molecule has 0 aliphatic heterocycles. The fraction of sp³-hybridized carbons (Fsp3) is 0. The summed E-state index contributed by atoms with van der Waals surface area (Å²) in [7, 11) is 0. The van der Waals surface area contributed by atoms with Crippen LogP contribution in [0.25, 0.3) is 0 Å². The molecular weight excluding hydrogens is 115 g/mol. The van der Waals surface area contributed by atoms with Gasteiger partial charge in [-0.05, 0) is 0 Å². The van der Waals surface area contributed by atoms with E-state index in [0.717, 1.165) is 0 Å². The summed E-state index contributed by atoms with van der Waals surface area (Å²) in [6, 6.07) is 0. The summed E-state index contributed by atoms with van der Waals surface area (Å²) in [5.41, 5.74) is 0. The minimum absolute atomic E-state index is 0. The predicted molar refractivity (Wildman–Crippen MR) is 10.5 cm³/mol. The van der Waals surface area contributed by atoms with E-state index >= 15 is 0 Å². The number of hydrogen-bond donors (Lipinski definition) is 0. The van der Waals surface area contributed by atoms with E-state index in [2.05, 4.69) is 0 Å². The van der Waals surface area contributed by atoms with Crippen LogP contribution in [-0.4, -0.2) is 13.9 Å². The van der Waals surface area contributed by atoms with Gasteiger partial charge >= 0.3 is 29.6 Å². The molecule has 0 spiro atoms. The van der Waals surface area contributed by atoms with Crippen LogP contribution in [0.4, 0.5) is 0 Å². The summed E-state index contributed by atoms with van der Waals surface area (Å²) in [6.45, 7) is 0. The third kappa shape index (κ3) is 9.42. The van der Waals surface area contributed by atoms with Crippen molar-refractivity contribution in [1.82, 2.24) is 0 Å². The van der Waals surface area contributed by atoms with Gasteiger partial charge in [0.1, 0.15) is 0 Å². The molecule has 0 atom stereocenters. The fourth-order valence-corrected chi connectivity index (χ4v) is 0. The van der Waals surface area contributed by atoms with Crippen LogP contribution in [0.2, 0.25) is 0 Å². The Morgan fingerprint density at radius 1 is 1.25 bits per heavy atom. The van der Waals surface area contributed by atoms with Crippen LogP contribution < -0.4 is 29.6 Å². The zero-order chi connectivity index (χ0) is 0. The Bertz CT molecular complexity index is 11.6. The molecule has 4 heteroatoms. The van der Waals surface area contributed by atoms with Crippen LogP contribution in [0.1, 0.15) is 1.43 Å². The van der Waals surface area contributed by atoms with Crippen molar-refractivity contribution in [2.45, 2.75) is 0 Å². The quantitative estimate of drug-likeness (QED) is 0.290. The van der Waals surface area contributed by atoms with E-state index in [4.69, 9.17) is 0 Å². The summed E-state index contributed by atoms with van der Waals surface area (Å²) in [5.74, 6) is 0. The molecule has 4 heavy (non-hydrogen) atoms. The largest absolute Gasteiger partial charge is 1.00 e. The summed E-state index contributed by atoms with van der Waals surface area (Å²) in [6.07, 6.45) is 0. The van der Waals surface area contributed by atoms with Crippen LogP contribution in [0.3, 0.4) is 0 Å². The van der Waals surface area contributed by atoms with Gasteiger partial charge in [-0.2, -0.15) is 0 Å². The van der Waals surface area contributed by atoms with Gasteiger partial charge in [0.2, 0.25) is 0 Å². The van der Waals surface area contributed by atoms with E-state index in [1.807, 2.05) is 0 Å². The molecular formula is H3BNaOZn. The van der Waals surface area contributed by atoms with Crippen molar-refractivity contribution in [3.8, 4) is 0 Å². The van der Waals surface area contributed by atoms with Gasteiger partial charge in [-0.25, -0.2) is 0 Å². The average Bonchev–Trinajstić information content (AvgIpc) is 0. The van der Waals surface area contributed by atoms with Gasteiger partial charge in [0.25, 0.3) is 0 Å². The van der Waals surface area contributed by atoms with Crippen molar-refractivity contribution in [3.05, 3.63) is 0 Å². The SMILES string of the molecule is O.[B].[H-].[Na+].[Zn]. The Kier molecular flexibility index (Phi) is 256. The third-order valence-corrected chi connectivity index (χ3v) is 0. The molecule has 0 bridgehead atoms. The standard InChI is InChI=1S/B.Na.H2O.Zn.H/h;;1H2;;/q;+1;;;-1. The van der Waals surface area contributed by atoms with E-state index < -0.39 is 0 Å². The molecule has 0 heterocycles. The van der Waals surface area contributed by atoms with Gasteiger partial charge < -0.3 is 6.90 Å². The molecule has 0 rings (SSSR count). The summed E-state index contributed by atoms with van der Waals surface area (Å²) in [5, 5.41) is 0. The second-order valence-electron chi connectivity index (χ2n) is 0. The molecule has 0 fully saturated rings. The van der Waals surface area contributed by atoms with Crippen molar-refractivity contribution in [2.24, 2.45) is 0 Å². The first-order valence-corrected chi connectivity index (χ1v) is 0. The Morgan fingerprint density at radius 2 is 1.25 bits per heavy atom. The molecule has 0 aromatic heterocycles. The predicted octanol–water partition coefficient (Wildman–Crippen LogP) is -4.09. The smallest absolute Gasteiger partial charge is 1.00 e. The molecule has 1 nitrogen and oxygen atoms in total. The van der Waals surface area contributed by atoms with Gasteiger partial charge in [0, 0.05) is 27.9 Å². The van der Waals surface area contributed by atoms with Gasteiger partial charge in [0.05, 0.1) is 0 Å². The molecule has 0 unspecified atom stereocenters. The van der Waals surface area contributed by atoms with Crippen LogP contribution in [0, 0.1) is 0 Å². The molecule has 15 valence electrons. The number of hydrogen-bond acceptors (Lipinski definition) is 0. The van der Waals surface area contributed by atoms with E-state index in [1.54, 1.807) is 0 Å². The van der Waals surface area contributed by atoms with Gasteiger partial charge in [-0.3, -0.25) is 0 Å². The Hall–Kier alpha value is 1.65. The molecule has 0 aromatic carbocycles. The molecule has 2 N–H and O–H groups in total. The maximum atomic E-state index is 0. The van der Waals surface area contributed by atoms with Crippen molar-refractivity contribution in [3.63, 3.8) is 0 Å². The molecule has 0 aliphatic carbocycles.